The maximum Gasteiger partial charge on any atom is 0.246 e. The Morgan fingerprint density at radius 3 is 2.54 bits per heavy atom. The highest BCUT2D eigenvalue weighted by Gasteiger charge is 2.56. The molecule has 1 saturated heterocycles. The van der Waals surface area contributed by atoms with E-state index in [9.17, 15) is 17.6 Å². The minimum absolute atomic E-state index is 0.154. The van der Waals surface area contributed by atoms with E-state index in [0.29, 0.717) is 6.42 Å². The molecule has 2 aliphatic rings. The van der Waals surface area contributed by atoms with Crippen LogP contribution in [0.4, 0.5) is 10.1 Å². The number of rotatable bonds is 4. The van der Waals surface area contributed by atoms with Crippen molar-refractivity contribution in [2.45, 2.75) is 15.6 Å². The van der Waals surface area contributed by atoms with Crippen LogP contribution in [0, 0.1) is 11.7 Å². The molecule has 1 heterocycles. The number of carbonyl (C=O) groups is 1. The summed E-state index contributed by atoms with van der Waals surface area (Å²) in [7, 11) is -4.00. The zero-order chi connectivity index (χ0) is 17.5. The molecule has 24 heavy (non-hydrogen) atoms. The highest BCUT2D eigenvalue weighted by Crippen LogP contribution is 2.53. The van der Waals surface area contributed by atoms with Gasteiger partial charge in [0.05, 0.1) is 19.1 Å². The van der Waals surface area contributed by atoms with E-state index in [1.807, 2.05) is 0 Å². The van der Waals surface area contributed by atoms with Crippen LogP contribution in [0.15, 0.2) is 23.1 Å². The van der Waals surface area contributed by atoms with Crippen molar-refractivity contribution in [1.29, 1.82) is 0 Å². The number of nitrogens with one attached hydrogen (secondary N) is 1. The predicted octanol–water partition coefficient (Wildman–Crippen LogP) is 1.98. The molecule has 132 valence electrons. The lowest BCUT2D eigenvalue weighted by molar-refractivity contribution is -0.117. The lowest BCUT2D eigenvalue weighted by Crippen LogP contribution is -2.40. The van der Waals surface area contributed by atoms with Crippen molar-refractivity contribution in [3.8, 4) is 0 Å². The number of amides is 1. The van der Waals surface area contributed by atoms with Gasteiger partial charge in [0.15, 0.2) is 0 Å². The van der Waals surface area contributed by atoms with Crippen LogP contribution in [0.1, 0.15) is 6.42 Å². The second kappa shape index (κ2) is 6.42. The van der Waals surface area contributed by atoms with Gasteiger partial charge in [0.2, 0.25) is 15.9 Å². The van der Waals surface area contributed by atoms with Gasteiger partial charge in [-0.1, -0.05) is 0 Å². The van der Waals surface area contributed by atoms with Gasteiger partial charge in [0.1, 0.15) is 15.0 Å². The van der Waals surface area contributed by atoms with Crippen molar-refractivity contribution in [3.05, 3.63) is 24.0 Å². The number of nitrogens with zero attached hydrogens (tertiary/aromatic N) is 1. The highest BCUT2D eigenvalue weighted by molar-refractivity contribution is 7.89. The molecular weight excluding hydrogens is 382 g/mol. The van der Waals surface area contributed by atoms with E-state index in [2.05, 4.69) is 5.32 Å². The SMILES string of the molecule is O=C(Nc1ccc(F)c(S(=O)(=O)N2CCOCC2)c1)C1CC1(Cl)Cl. The van der Waals surface area contributed by atoms with Crippen LogP contribution in [0.25, 0.3) is 0 Å². The molecule has 1 aromatic rings. The molecule has 0 bridgehead atoms. The van der Waals surface area contributed by atoms with Gasteiger partial charge in [-0.2, -0.15) is 4.31 Å². The Morgan fingerprint density at radius 1 is 1.33 bits per heavy atom. The molecule has 1 amide bonds. The lowest BCUT2D eigenvalue weighted by atomic mass is 10.3. The molecule has 0 spiro atoms. The van der Waals surface area contributed by atoms with Gasteiger partial charge < -0.3 is 10.1 Å². The third-order valence-electron chi connectivity index (χ3n) is 3.93. The number of hydrogen-bond acceptors (Lipinski definition) is 4. The summed E-state index contributed by atoms with van der Waals surface area (Å²) in [6, 6.07) is 3.40. The zero-order valence-corrected chi connectivity index (χ0v) is 14.8. The van der Waals surface area contributed by atoms with Crippen molar-refractivity contribution in [2.75, 3.05) is 31.6 Å². The fourth-order valence-electron chi connectivity index (χ4n) is 2.43. The van der Waals surface area contributed by atoms with E-state index in [1.54, 1.807) is 0 Å². The zero-order valence-electron chi connectivity index (χ0n) is 12.5. The summed E-state index contributed by atoms with van der Waals surface area (Å²) in [6.45, 7) is 0.821. The summed E-state index contributed by atoms with van der Waals surface area (Å²) in [5, 5.41) is 2.52. The number of anilines is 1. The van der Waals surface area contributed by atoms with Crippen molar-refractivity contribution in [1.82, 2.24) is 4.31 Å². The van der Waals surface area contributed by atoms with Gasteiger partial charge in [-0.25, -0.2) is 12.8 Å². The number of alkyl halides is 2. The molecule has 0 aromatic heterocycles. The Hall–Kier alpha value is -0.930. The quantitative estimate of drug-likeness (QED) is 0.789. The number of morpholine rings is 1. The van der Waals surface area contributed by atoms with E-state index in [1.165, 1.54) is 6.07 Å². The summed E-state index contributed by atoms with van der Waals surface area (Å²) in [4.78, 5) is 11.5. The third-order valence-corrected chi connectivity index (χ3v) is 6.68. The highest BCUT2D eigenvalue weighted by atomic mass is 35.5. The molecule has 1 aromatic carbocycles. The molecule has 1 atom stereocenters. The van der Waals surface area contributed by atoms with Crippen molar-refractivity contribution >= 4 is 44.8 Å². The van der Waals surface area contributed by atoms with Gasteiger partial charge in [-0.15, -0.1) is 23.2 Å². The Kier molecular flexibility index (Phi) is 4.78. The summed E-state index contributed by atoms with van der Waals surface area (Å²) >= 11 is 11.7. The normalized spacial score (nSPS) is 23.7. The van der Waals surface area contributed by atoms with E-state index >= 15 is 0 Å². The van der Waals surface area contributed by atoms with Crippen LogP contribution in [-0.4, -0.2) is 49.3 Å². The lowest BCUT2D eigenvalue weighted by Gasteiger charge is -2.26. The Bertz CT molecular complexity index is 766. The van der Waals surface area contributed by atoms with Crippen LogP contribution in [-0.2, 0) is 19.6 Å². The van der Waals surface area contributed by atoms with Crippen LogP contribution < -0.4 is 5.32 Å². The average molecular weight is 397 g/mol. The fourth-order valence-corrected chi connectivity index (χ4v) is 4.44. The average Bonchev–Trinajstić information content (AvgIpc) is 3.19. The minimum atomic E-state index is -4.00. The van der Waals surface area contributed by atoms with E-state index < -0.39 is 36.9 Å². The second-order valence-electron chi connectivity index (χ2n) is 5.67. The first kappa shape index (κ1) is 17.9. The third kappa shape index (κ3) is 3.52. The largest absolute Gasteiger partial charge is 0.379 e. The second-order valence-corrected chi connectivity index (χ2v) is 9.12. The predicted molar refractivity (Wildman–Crippen MR) is 87.2 cm³/mol. The topological polar surface area (TPSA) is 75.7 Å². The smallest absolute Gasteiger partial charge is 0.246 e. The number of carbonyl (C=O) groups excluding carboxylic acids is 1. The van der Waals surface area contributed by atoms with Crippen LogP contribution in [0.2, 0.25) is 0 Å². The van der Waals surface area contributed by atoms with Crippen LogP contribution >= 0.6 is 23.2 Å². The van der Waals surface area contributed by atoms with E-state index in [0.717, 1.165) is 16.4 Å². The van der Waals surface area contributed by atoms with Crippen LogP contribution in [0.5, 0.6) is 0 Å². The van der Waals surface area contributed by atoms with E-state index in [-0.39, 0.29) is 32.0 Å². The molecule has 1 unspecified atom stereocenters. The standard InChI is InChI=1S/C14H15Cl2FN2O4S/c15-14(16)8-10(14)13(20)18-9-1-2-11(17)12(7-9)24(21,22)19-3-5-23-6-4-19/h1-2,7,10H,3-6,8H2,(H,18,20). The number of halogens is 3. The summed E-state index contributed by atoms with van der Waals surface area (Å²) in [5.74, 6) is -1.87. The molecule has 1 aliphatic carbocycles. The first-order chi connectivity index (χ1) is 11.2. The van der Waals surface area contributed by atoms with E-state index in [4.69, 9.17) is 27.9 Å². The summed E-state index contributed by atoms with van der Waals surface area (Å²) in [5.41, 5.74) is 0.171. The monoisotopic (exact) mass is 396 g/mol. The van der Waals surface area contributed by atoms with Gasteiger partial charge in [0.25, 0.3) is 0 Å². The maximum absolute atomic E-state index is 14.1. The molecule has 2 fully saturated rings. The van der Waals surface area contributed by atoms with Gasteiger partial charge >= 0.3 is 0 Å². The summed E-state index contributed by atoms with van der Waals surface area (Å²) < 4.78 is 44.4. The first-order valence-corrected chi connectivity index (χ1v) is 9.47. The Balaban J connectivity index is 1.82. The Labute approximate surface area is 148 Å². The maximum atomic E-state index is 14.1. The van der Waals surface area contributed by atoms with Crippen molar-refractivity contribution in [2.24, 2.45) is 5.92 Å². The Morgan fingerprint density at radius 2 is 1.96 bits per heavy atom. The minimum Gasteiger partial charge on any atom is -0.379 e. The molecule has 1 aliphatic heterocycles. The van der Waals surface area contributed by atoms with Gasteiger partial charge in [-0.05, 0) is 24.6 Å². The number of ether oxygens (including phenoxy) is 1. The number of hydrogen-bond donors (Lipinski definition) is 1. The molecule has 10 heteroatoms. The number of sulfonamides is 1. The molecule has 1 saturated carbocycles. The summed E-state index contributed by atoms with van der Waals surface area (Å²) in [6.07, 6.45) is 0.322. The van der Waals surface area contributed by atoms with Crippen LogP contribution in [0.3, 0.4) is 0 Å². The fraction of sp³-hybridized carbons (Fsp3) is 0.500. The van der Waals surface area contributed by atoms with Crippen molar-refractivity contribution in [3.63, 3.8) is 0 Å². The van der Waals surface area contributed by atoms with Gasteiger partial charge in [-0.3, -0.25) is 4.79 Å². The number of benzene rings is 1. The van der Waals surface area contributed by atoms with Crippen molar-refractivity contribution < 1.29 is 22.3 Å². The molecule has 0 radical (unpaired) electrons. The van der Waals surface area contributed by atoms with Gasteiger partial charge in [0, 0.05) is 18.8 Å². The first-order valence-electron chi connectivity index (χ1n) is 7.28. The molecule has 6 nitrogen and oxygen atoms in total. The molecule has 3 rings (SSSR count). The molecule has 1 N–H and O–H groups in total. The molecular formula is C14H15Cl2FN2O4S.